The zero-order chi connectivity index (χ0) is 21.0. The van der Waals surface area contributed by atoms with Crippen LogP contribution in [0.2, 0.25) is 0 Å². The second-order valence-electron chi connectivity index (χ2n) is 8.26. The molecule has 156 valence electrons. The molecule has 0 N–H and O–H groups in total. The Kier molecular flexibility index (Phi) is 6.85. The number of carbonyl (C=O) groups excluding carboxylic acids is 1. The number of likely N-dealkylation sites (N-methyl/N-ethyl adjacent to an activating group) is 1. The lowest BCUT2D eigenvalue weighted by Crippen LogP contribution is -2.54. The molecular formula is C23H33N5O. The summed E-state index contributed by atoms with van der Waals surface area (Å²) in [5.41, 5.74) is 2.16. The van der Waals surface area contributed by atoms with Gasteiger partial charge >= 0.3 is 0 Å². The summed E-state index contributed by atoms with van der Waals surface area (Å²) in [6, 6.07) is 12.1. The smallest absolute Gasteiger partial charge is 0.239 e. The lowest BCUT2D eigenvalue weighted by atomic mass is 10.1. The van der Waals surface area contributed by atoms with Gasteiger partial charge in [0.05, 0.1) is 6.04 Å². The highest BCUT2D eigenvalue weighted by atomic mass is 16.2. The molecule has 1 aliphatic rings. The summed E-state index contributed by atoms with van der Waals surface area (Å²) in [6.07, 6.45) is 0. The van der Waals surface area contributed by atoms with E-state index in [1.165, 1.54) is 0 Å². The second-order valence-corrected chi connectivity index (χ2v) is 8.26. The van der Waals surface area contributed by atoms with Gasteiger partial charge in [0.15, 0.2) is 0 Å². The van der Waals surface area contributed by atoms with Gasteiger partial charge in [-0.1, -0.05) is 44.2 Å². The number of benzene rings is 1. The monoisotopic (exact) mass is 395 g/mol. The molecular weight excluding hydrogens is 362 g/mol. The van der Waals surface area contributed by atoms with Crippen molar-refractivity contribution < 1.29 is 4.79 Å². The fourth-order valence-electron chi connectivity index (χ4n) is 3.74. The van der Waals surface area contributed by atoms with Crippen LogP contribution >= 0.6 is 0 Å². The lowest BCUT2D eigenvalue weighted by molar-refractivity contribution is -0.135. The summed E-state index contributed by atoms with van der Waals surface area (Å²) in [4.78, 5) is 28.6. The van der Waals surface area contributed by atoms with Gasteiger partial charge in [0.2, 0.25) is 5.91 Å². The molecule has 1 atom stereocenters. The summed E-state index contributed by atoms with van der Waals surface area (Å²) in [5.74, 6) is 2.38. The minimum absolute atomic E-state index is 0.121. The van der Waals surface area contributed by atoms with Crippen molar-refractivity contribution in [2.24, 2.45) is 0 Å². The Labute approximate surface area is 174 Å². The topological polar surface area (TPSA) is 52.6 Å². The first kappa shape index (κ1) is 21.2. The van der Waals surface area contributed by atoms with Crippen LogP contribution in [-0.2, 0) is 11.3 Å². The molecule has 6 heteroatoms. The van der Waals surface area contributed by atoms with Crippen molar-refractivity contribution in [3.63, 3.8) is 0 Å². The van der Waals surface area contributed by atoms with E-state index in [4.69, 9.17) is 4.98 Å². The highest BCUT2D eigenvalue weighted by molar-refractivity contribution is 5.81. The average molecular weight is 396 g/mol. The molecule has 2 heterocycles. The number of nitrogens with zero attached hydrogens (tertiary/aromatic N) is 5. The molecule has 1 fully saturated rings. The summed E-state index contributed by atoms with van der Waals surface area (Å²) in [5, 5.41) is 0. The molecule has 1 saturated heterocycles. The number of anilines is 1. The molecule has 1 aromatic carbocycles. The zero-order valence-electron chi connectivity index (χ0n) is 18.3. The van der Waals surface area contributed by atoms with E-state index < -0.39 is 0 Å². The molecule has 29 heavy (non-hydrogen) atoms. The molecule has 0 radical (unpaired) electrons. The van der Waals surface area contributed by atoms with Crippen molar-refractivity contribution in [1.82, 2.24) is 19.8 Å². The van der Waals surface area contributed by atoms with Gasteiger partial charge in [-0.3, -0.25) is 9.69 Å². The van der Waals surface area contributed by atoms with Crippen LogP contribution in [-0.4, -0.2) is 64.9 Å². The van der Waals surface area contributed by atoms with Gasteiger partial charge in [-0.15, -0.1) is 0 Å². The van der Waals surface area contributed by atoms with E-state index >= 15 is 0 Å². The van der Waals surface area contributed by atoms with Crippen molar-refractivity contribution >= 4 is 11.7 Å². The number of hydrogen-bond acceptors (Lipinski definition) is 5. The van der Waals surface area contributed by atoms with Gasteiger partial charge in [-0.25, -0.2) is 9.97 Å². The van der Waals surface area contributed by atoms with Crippen LogP contribution in [0.4, 0.5) is 5.82 Å². The van der Waals surface area contributed by atoms with Gasteiger partial charge < -0.3 is 9.80 Å². The van der Waals surface area contributed by atoms with Crippen molar-refractivity contribution in [1.29, 1.82) is 0 Å². The first-order valence-corrected chi connectivity index (χ1v) is 10.5. The predicted octanol–water partition coefficient (Wildman–Crippen LogP) is 3.08. The number of piperazine rings is 1. The minimum Gasteiger partial charge on any atom is -0.354 e. The van der Waals surface area contributed by atoms with Gasteiger partial charge in [-0.2, -0.15) is 0 Å². The number of amides is 1. The third-order valence-electron chi connectivity index (χ3n) is 5.56. The Morgan fingerprint density at radius 1 is 1.07 bits per heavy atom. The van der Waals surface area contributed by atoms with E-state index in [1.807, 2.05) is 44.0 Å². The Morgan fingerprint density at radius 3 is 2.34 bits per heavy atom. The molecule has 0 bridgehead atoms. The molecule has 6 nitrogen and oxygen atoms in total. The van der Waals surface area contributed by atoms with E-state index in [2.05, 4.69) is 46.8 Å². The SMILES string of the molecule is Cc1cc(N2CCN([C@H](C)C(=O)N(C)Cc3ccccc3)CC2)nc(C(C)C)n1. The van der Waals surface area contributed by atoms with Crippen LogP contribution < -0.4 is 4.90 Å². The molecule has 0 saturated carbocycles. The Hall–Kier alpha value is -2.47. The largest absolute Gasteiger partial charge is 0.354 e. The Bertz CT molecular complexity index is 815. The average Bonchev–Trinajstić information content (AvgIpc) is 2.73. The van der Waals surface area contributed by atoms with E-state index in [0.29, 0.717) is 12.5 Å². The van der Waals surface area contributed by atoms with Gasteiger partial charge in [0.1, 0.15) is 11.6 Å². The van der Waals surface area contributed by atoms with Crippen molar-refractivity contribution in [3.05, 3.63) is 53.5 Å². The van der Waals surface area contributed by atoms with Crippen molar-refractivity contribution in [2.45, 2.75) is 46.2 Å². The maximum Gasteiger partial charge on any atom is 0.239 e. The maximum absolute atomic E-state index is 12.9. The fourth-order valence-corrected chi connectivity index (χ4v) is 3.74. The molecule has 2 aromatic rings. The van der Waals surface area contributed by atoms with Crippen LogP contribution in [0.3, 0.4) is 0 Å². The molecule has 3 rings (SSSR count). The van der Waals surface area contributed by atoms with Gasteiger partial charge in [0.25, 0.3) is 0 Å². The zero-order valence-corrected chi connectivity index (χ0v) is 18.3. The summed E-state index contributed by atoms with van der Waals surface area (Å²) < 4.78 is 0. The third kappa shape index (κ3) is 5.32. The maximum atomic E-state index is 12.9. The molecule has 1 aromatic heterocycles. The highest BCUT2D eigenvalue weighted by Gasteiger charge is 2.28. The third-order valence-corrected chi connectivity index (χ3v) is 5.56. The molecule has 1 amide bonds. The van der Waals surface area contributed by atoms with Crippen LogP contribution in [0.5, 0.6) is 0 Å². The quantitative estimate of drug-likeness (QED) is 0.752. The molecule has 1 aliphatic heterocycles. The number of aromatic nitrogens is 2. The summed E-state index contributed by atoms with van der Waals surface area (Å²) in [6.45, 7) is 12.4. The first-order chi connectivity index (χ1) is 13.8. The molecule has 0 spiro atoms. The van der Waals surface area contributed by atoms with Crippen LogP contribution in [0.1, 0.15) is 43.8 Å². The molecule has 0 aliphatic carbocycles. The summed E-state index contributed by atoms with van der Waals surface area (Å²) in [7, 11) is 1.89. The van der Waals surface area contributed by atoms with E-state index in [1.54, 1.807) is 0 Å². The van der Waals surface area contributed by atoms with Crippen molar-refractivity contribution in [3.8, 4) is 0 Å². The van der Waals surface area contributed by atoms with Gasteiger partial charge in [0, 0.05) is 57.4 Å². The molecule has 0 unspecified atom stereocenters. The first-order valence-electron chi connectivity index (χ1n) is 10.5. The standard InChI is InChI=1S/C23H33N5O/c1-17(2)22-24-18(3)15-21(25-22)28-13-11-27(12-14-28)19(4)23(29)26(5)16-20-9-7-6-8-10-20/h6-10,15,17,19H,11-14,16H2,1-5H3/t19-/m1/s1. The van der Waals surface area contributed by atoms with Gasteiger partial charge in [-0.05, 0) is 19.4 Å². The van der Waals surface area contributed by atoms with E-state index in [9.17, 15) is 4.79 Å². The number of carbonyl (C=O) groups is 1. The van der Waals surface area contributed by atoms with E-state index in [-0.39, 0.29) is 11.9 Å². The van der Waals surface area contributed by atoms with Crippen molar-refractivity contribution in [2.75, 3.05) is 38.1 Å². The van der Waals surface area contributed by atoms with Crippen LogP contribution in [0.15, 0.2) is 36.4 Å². The van der Waals surface area contributed by atoms with E-state index in [0.717, 1.165) is 49.1 Å². The van der Waals surface area contributed by atoms with Crippen LogP contribution in [0, 0.1) is 6.92 Å². The second kappa shape index (κ2) is 9.35. The number of rotatable bonds is 6. The van der Waals surface area contributed by atoms with Crippen LogP contribution in [0.25, 0.3) is 0 Å². The Balaban J connectivity index is 1.58. The lowest BCUT2D eigenvalue weighted by Gasteiger charge is -2.39. The number of hydrogen-bond donors (Lipinski definition) is 0. The highest BCUT2D eigenvalue weighted by Crippen LogP contribution is 2.19. The Morgan fingerprint density at radius 2 is 1.72 bits per heavy atom. The normalized spacial score (nSPS) is 16.1. The fraction of sp³-hybridized carbons (Fsp3) is 0.522. The predicted molar refractivity (Wildman–Crippen MR) is 117 cm³/mol. The number of aryl methyl sites for hydroxylation is 1. The minimum atomic E-state index is -0.121. The summed E-state index contributed by atoms with van der Waals surface area (Å²) >= 11 is 0.